The van der Waals surface area contributed by atoms with Crippen molar-refractivity contribution < 1.29 is 22.4 Å². The highest BCUT2D eigenvalue weighted by molar-refractivity contribution is 7.89. The molecule has 1 rings (SSSR count). The molecule has 21 heavy (non-hydrogen) atoms. The molecule has 0 saturated heterocycles. The Hall–Kier alpha value is -1.13. The van der Waals surface area contributed by atoms with E-state index in [-0.39, 0.29) is 23.3 Å². The maximum Gasteiger partial charge on any atom is 0.287 e. The predicted molar refractivity (Wildman–Crippen MR) is 79.3 cm³/mol. The maximum absolute atomic E-state index is 11.7. The van der Waals surface area contributed by atoms with Crippen molar-refractivity contribution >= 4 is 28.3 Å². The van der Waals surface area contributed by atoms with Gasteiger partial charge in [-0.1, -0.05) is 0 Å². The minimum atomic E-state index is -3.67. The number of carbonyl (C=O) groups is 1. The molecule has 1 amide bonds. The molecule has 0 fully saturated rings. The number of sulfonamides is 1. The third-order valence-corrected chi connectivity index (χ3v) is 3.70. The summed E-state index contributed by atoms with van der Waals surface area (Å²) in [5.41, 5.74) is 0. The number of methoxy groups -OCH3 is 1. The van der Waals surface area contributed by atoms with Gasteiger partial charge in [0.25, 0.3) is 15.9 Å². The summed E-state index contributed by atoms with van der Waals surface area (Å²) >= 11 is 0. The molecule has 1 heterocycles. The Morgan fingerprint density at radius 1 is 1.29 bits per heavy atom. The van der Waals surface area contributed by atoms with E-state index in [2.05, 4.69) is 15.4 Å². The lowest BCUT2D eigenvalue weighted by Crippen LogP contribution is -2.32. The fraction of sp³-hybridized carbons (Fsp3) is 0.545. The minimum Gasteiger partial charge on any atom is -0.438 e. The predicted octanol–water partition coefficient (Wildman–Crippen LogP) is -0.425. The molecule has 0 atom stereocenters. The molecule has 1 aromatic heterocycles. The van der Waals surface area contributed by atoms with Gasteiger partial charge in [-0.25, -0.2) is 13.1 Å². The Bertz CT molecular complexity index is 532. The van der Waals surface area contributed by atoms with Crippen LogP contribution >= 0.6 is 12.4 Å². The molecule has 10 heteroatoms. The lowest BCUT2D eigenvalue weighted by atomic mass is 10.4. The first-order chi connectivity index (χ1) is 9.51. The standard InChI is InChI=1S/C11H19N3O5S.ClH/c1-12-20(16,17)10-4-3-9(19-10)11(15)14-6-5-13-7-8-18-2;/h3-4,12-13H,5-8H2,1-2H3,(H,14,15);1H. The van der Waals surface area contributed by atoms with Gasteiger partial charge in [0, 0.05) is 26.7 Å². The van der Waals surface area contributed by atoms with Crippen LogP contribution in [-0.4, -0.2) is 54.7 Å². The number of carbonyl (C=O) groups excluding carboxylic acids is 1. The van der Waals surface area contributed by atoms with Crippen molar-refractivity contribution in [2.45, 2.75) is 5.09 Å². The van der Waals surface area contributed by atoms with Crippen LogP contribution in [0.3, 0.4) is 0 Å². The molecular weight excluding hydrogens is 322 g/mol. The summed E-state index contributed by atoms with van der Waals surface area (Å²) in [4.78, 5) is 11.7. The zero-order valence-electron chi connectivity index (χ0n) is 11.8. The summed E-state index contributed by atoms with van der Waals surface area (Å²) in [5, 5.41) is 5.37. The van der Waals surface area contributed by atoms with E-state index in [0.717, 1.165) is 0 Å². The van der Waals surface area contributed by atoms with Gasteiger partial charge >= 0.3 is 0 Å². The molecule has 0 aliphatic rings. The quantitative estimate of drug-likeness (QED) is 0.526. The SMILES string of the molecule is CNS(=O)(=O)c1ccc(C(=O)NCCNCCOC)o1.Cl. The zero-order valence-corrected chi connectivity index (χ0v) is 13.5. The molecule has 0 aromatic carbocycles. The Morgan fingerprint density at radius 3 is 2.62 bits per heavy atom. The van der Waals surface area contributed by atoms with Gasteiger partial charge in [-0.2, -0.15) is 0 Å². The molecule has 0 unspecified atom stereocenters. The second-order valence-electron chi connectivity index (χ2n) is 3.82. The molecule has 0 aliphatic heterocycles. The number of halogens is 1. The second kappa shape index (κ2) is 9.74. The summed E-state index contributed by atoms with van der Waals surface area (Å²) in [5.74, 6) is -0.508. The molecule has 1 aromatic rings. The van der Waals surface area contributed by atoms with Crippen LogP contribution in [0.5, 0.6) is 0 Å². The van der Waals surface area contributed by atoms with Crippen molar-refractivity contribution in [2.24, 2.45) is 0 Å². The zero-order chi connectivity index (χ0) is 15.0. The number of furan rings is 1. The van der Waals surface area contributed by atoms with Crippen molar-refractivity contribution in [3.63, 3.8) is 0 Å². The van der Waals surface area contributed by atoms with E-state index in [1.807, 2.05) is 0 Å². The number of nitrogens with one attached hydrogen (secondary N) is 3. The average molecular weight is 342 g/mol. The maximum atomic E-state index is 11.7. The van der Waals surface area contributed by atoms with Gasteiger partial charge in [-0.05, 0) is 19.2 Å². The normalized spacial score (nSPS) is 11.0. The number of hydrogen-bond acceptors (Lipinski definition) is 6. The van der Waals surface area contributed by atoms with Gasteiger partial charge in [-0.3, -0.25) is 4.79 Å². The Kier molecular flexibility index (Phi) is 9.22. The topological polar surface area (TPSA) is 110 Å². The number of hydrogen-bond donors (Lipinski definition) is 3. The van der Waals surface area contributed by atoms with Crippen LogP contribution in [-0.2, 0) is 14.8 Å². The van der Waals surface area contributed by atoms with Crippen molar-refractivity contribution in [3.05, 3.63) is 17.9 Å². The molecule has 0 bridgehead atoms. The van der Waals surface area contributed by atoms with E-state index < -0.39 is 15.9 Å². The molecule has 0 radical (unpaired) electrons. The van der Waals surface area contributed by atoms with Crippen molar-refractivity contribution in [2.75, 3.05) is 40.4 Å². The summed E-state index contributed by atoms with van der Waals surface area (Å²) in [6.07, 6.45) is 0. The van der Waals surface area contributed by atoms with Crippen molar-refractivity contribution in [1.82, 2.24) is 15.4 Å². The monoisotopic (exact) mass is 341 g/mol. The van der Waals surface area contributed by atoms with E-state index in [1.165, 1.54) is 19.2 Å². The van der Waals surface area contributed by atoms with Crippen LogP contribution in [0.25, 0.3) is 0 Å². The lowest BCUT2D eigenvalue weighted by molar-refractivity contribution is 0.0920. The number of ether oxygens (including phenoxy) is 1. The van der Waals surface area contributed by atoms with Gasteiger partial charge in [0.05, 0.1) is 6.61 Å². The third kappa shape index (κ3) is 6.44. The first-order valence-electron chi connectivity index (χ1n) is 6.02. The van der Waals surface area contributed by atoms with Crippen molar-refractivity contribution in [1.29, 1.82) is 0 Å². The van der Waals surface area contributed by atoms with Crippen molar-refractivity contribution in [3.8, 4) is 0 Å². The summed E-state index contributed by atoms with van der Waals surface area (Å²) in [7, 11) is -0.794. The summed E-state index contributed by atoms with van der Waals surface area (Å²) in [6.45, 7) is 2.27. The Labute approximate surface area is 130 Å². The smallest absolute Gasteiger partial charge is 0.287 e. The molecule has 0 saturated carbocycles. The lowest BCUT2D eigenvalue weighted by Gasteiger charge is -2.05. The third-order valence-electron chi connectivity index (χ3n) is 2.41. The first-order valence-corrected chi connectivity index (χ1v) is 7.51. The number of amides is 1. The van der Waals surface area contributed by atoms with Crippen LogP contribution in [0.1, 0.15) is 10.6 Å². The van der Waals surface area contributed by atoms with Gasteiger partial charge in [0.1, 0.15) is 0 Å². The van der Waals surface area contributed by atoms with Crippen LogP contribution < -0.4 is 15.4 Å². The van der Waals surface area contributed by atoms with Gasteiger partial charge in [0.15, 0.2) is 5.76 Å². The van der Waals surface area contributed by atoms with Gasteiger partial charge < -0.3 is 19.8 Å². The fourth-order valence-electron chi connectivity index (χ4n) is 1.34. The van der Waals surface area contributed by atoms with Crippen LogP contribution in [0.4, 0.5) is 0 Å². The molecule has 3 N–H and O–H groups in total. The Balaban J connectivity index is 0.00000400. The van der Waals surface area contributed by atoms with Gasteiger partial charge in [-0.15, -0.1) is 12.4 Å². The highest BCUT2D eigenvalue weighted by Gasteiger charge is 2.19. The molecule has 8 nitrogen and oxygen atoms in total. The van der Waals surface area contributed by atoms with Gasteiger partial charge in [0.2, 0.25) is 5.09 Å². The van der Waals surface area contributed by atoms with E-state index in [4.69, 9.17) is 9.15 Å². The molecule has 122 valence electrons. The van der Waals surface area contributed by atoms with Crippen LogP contribution in [0.2, 0.25) is 0 Å². The second-order valence-corrected chi connectivity index (χ2v) is 5.64. The van der Waals surface area contributed by atoms with E-state index in [0.29, 0.717) is 26.2 Å². The van der Waals surface area contributed by atoms with Crippen LogP contribution in [0.15, 0.2) is 21.6 Å². The highest BCUT2D eigenvalue weighted by atomic mass is 35.5. The summed E-state index contributed by atoms with van der Waals surface area (Å²) < 4.78 is 34.8. The van der Waals surface area contributed by atoms with E-state index in [1.54, 1.807) is 7.11 Å². The largest absolute Gasteiger partial charge is 0.438 e. The van der Waals surface area contributed by atoms with E-state index in [9.17, 15) is 13.2 Å². The molecule has 0 spiro atoms. The van der Waals surface area contributed by atoms with Crippen LogP contribution in [0, 0.1) is 0 Å². The Morgan fingerprint density at radius 2 is 2.00 bits per heavy atom. The molecular formula is C11H20ClN3O5S. The fourth-order valence-corrected chi connectivity index (χ4v) is 1.99. The number of rotatable bonds is 9. The average Bonchev–Trinajstić information content (AvgIpc) is 2.93. The highest BCUT2D eigenvalue weighted by Crippen LogP contribution is 2.13. The van der Waals surface area contributed by atoms with E-state index >= 15 is 0 Å². The minimum absolute atomic E-state index is 0. The summed E-state index contributed by atoms with van der Waals surface area (Å²) in [6, 6.07) is 2.55. The first kappa shape index (κ1) is 19.9. The molecule has 0 aliphatic carbocycles.